The van der Waals surface area contributed by atoms with E-state index in [4.69, 9.17) is 0 Å². The maximum Gasteiger partial charge on any atom is 0.0618 e. The van der Waals surface area contributed by atoms with Gasteiger partial charge in [-0.15, -0.1) is 0 Å². The largest absolute Gasteiger partial charge is 0.294 e. The van der Waals surface area contributed by atoms with Gasteiger partial charge < -0.3 is 0 Å². The lowest BCUT2D eigenvalue weighted by Gasteiger charge is -2.38. The summed E-state index contributed by atoms with van der Waals surface area (Å²) in [6, 6.07) is 0. The predicted molar refractivity (Wildman–Crippen MR) is 71.6 cm³/mol. The smallest absolute Gasteiger partial charge is 0.0618 e. The second-order valence-electron chi connectivity index (χ2n) is 5.97. The number of nitrogens with zero attached hydrogens (tertiary/aromatic N) is 2. The molecule has 1 aliphatic heterocycles. The van der Waals surface area contributed by atoms with Crippen LogP contribution in [-0.2, 0) is 0 Å². The highest BCUT2D eigenvalue weighted by Gasteiger charge is 2.32. The molecule has 1 fully saturated rings. The Hall–Kier alpha value is -0.0800. The van der Waals surface area contributed by atoms with Crippen molar-refractivity contribution >= 4 is 0 Å². The second-order valence-corrected chi connectivity index (χ2v) is 5.97. The number of hydrogen-bond acceptors (Lipinski definition) is 2. The highest BCUT2D eigenvalue weighted by atomic mass is 15.3. The minimum absolute atomic E-state index is 0.521. The van der Waals surface area contributed by atoms with Gasteiger partial charge in [-0.1, -0.05) is 27.2 Å². The third-order valence-corrected chi connectivity index (χ3v) is 4.22. The van der Waals surface area contributed by atoms with Gasteiger partial charge in [0, 0.05) is 6.54 Å². The minimum atomic E-state index is 0.521. The van der Waals surface area contributed by atoms with Crippen molar-refractivity contribution in [2.75, 3.05) is 27.2 Å². The molecule has 0 aliphatic carbocycles. The quantitative estimate of drug-likeness (QED) is 0.686. The van der Waals surface area contributed by atoms with Gasteiger partial charge in [0.15, 0.2) is 0 Å². The monoisotopic (exact) mass is 226 g/mol. The first-order valence-electron chi connectivity index (χ1n) is 6.93. The van der Waals surface area contributed by atoms with Crippen molar-refractivity contribution < 1.29 is 0 Å². The van der Waals surface area contributed by atoms with Gasteiger partial charge in [-0.2, -0.15) is 0 Å². The molecule has 96 valence electrons. The van der Waals surface area contributed by atoms with E-state index in [0.29, 0.717) is 11.6 Å². The molecule has 2 unspecified atom stereocenters. The molecule has 16 heavy (non-hydrogen) atoms. The highest BCUT2D eigenvalue weighted by Crippen LogP contribution is 2.31. The Morgan fingerprint density at radius 1 is 1.31 bits per heavy atom. The predicted octanol–water partition coefficient (Wildman–Crippen LogP) is 3.19. The van der Waals surface area contributed by atoms with Gasteiger partial charge in [0.05, 0.1) is 6.17 Å². The fraction of sp³-hybridized carbons (Fsp3) is 1.00. The zero-order chi connectivity index (χ0) is 12.2. The standard InChI is InChI=1S/C14H30N2/c1-6-10-14(3,7-2)12-16-11-8-9-13(16)15(4)5/h13H,6-12H2,1-5H3. The van der Waals surface area contributed by atoms with E-state index in [1.807, 2.05) is 0 Å². The van der Waals surface area contributed by atoms with E-state index < -0.39 is 0 Å². The maximum absolute atomic E-state index is 2.69. The van der Waals surface area contributed by atoms with Crippen LogP contribution in [0.15, 0.2) is 0 Å². The molecule has 0 amide bonds. The molecule has 0 aromatic carbocycles. The second kappa shape index (κ2) is 6.02. The lowest BCUT2D eigenvalue weighted by molar-refractivity contribution is 0.0691. The SMILES string of the molecule is CCCC(C)(CC)CN1CCCC1N(C)C. The summed E-state index contributed by atoms with van der Waals surface area (Å²) < 4.78 is 0. The van der Waals surface area contributed by atoms with Crippen LogP contribution in [0, 0.1) is 5.41 Å². The molecule has 1 rings (SSSR count). The van der Waals surface area contributed by atoms with Crippen molar-refractivity contribution in [3.05, 3.63) is 0 Å². The zero-order valence-corrected chi connectivity index (χ0v) is 11.9. The Balaban J connectivity index is 2.57. The van der Waals surface area contributed by atoms with Crippen LogP contribution in [0.5, 0.6) is 0 Å². The maximum atomic E-state index is 2.69. The number of hydrogen-bond donors (Lipinski definition) is 0. The van der Waals surface area contributed by atoms with Crippen molar-refractivity contribution in [3.8, 4) is 0 Å². The molecule has 1 aliphatic rings. The van der Waals surface area contributed by atoms with E-state index >= 15 is 0 Å². The molecule has 2 atom stereocenters. The summed E-state index contributed by atoms with van der Waals surface area (Å²) in [5.74, 6) is 0. The van der Waals surface area contributed by atoms with Crippen LogP contribution in [0.3, 0.4) is 0 Å². The van der Waals surface area contributed by atoms with Gasteiger partial charge in [0.25, 0.3) is 0 Å². The lowest BCUT2D eigenvalue weighted by Crippen LogP contribution is -2.45. The zero-order valence-electron chi connectivity index (χ0n) is 11.9. The molecule has 0 radical (unpaired) electrons. The molecule has 0 N–H and O–H groups in total. The third kappa shape index (κ3) is 3.46. The summed E-state index contributed by atoms with van der Waals surface area (Å²) in [6.07, 6.45) is 7.37. The van der Waals surface area contributed by atoms with Crippen molar-refractivity contribution in [2.24, 2.45) is 5.41 Å². The van der Waals surface area contributed by atoms with Gasteiger partial charge in [-0.05, 0) is 51.7 Å². The first kappa shape index (κ1) is 14.0. The van der Waals surface area contributed by atoms with E-state index in [1.54, 1.807) is 0 Å². The Morgan fingerprint density at radius 3 is 2.50 bits per heavy atom. The van der Waals surface area contributed by atoms with E-state index in [9.17, 15) is 0 Å². The first-order valence-corrected chi connectivity index (χ1v) is 6.93. The van der Waals surface area contributed by atoms with Crippen LogP contribution in [-0.4, -0.2) is 43.2 Å². The highest BCUT2D eigenvalue weighted by molar-refractivity contribution is 4.84. The molecular weight excluding hydrogens is 196 g/mol. The first-order chi connectivity index (χ1) is 7.52. The summed E-state index contributed by atoms with van der Waals surface area (Å²) in [5, 5.41) is 0. The van der Waals surface area contributed by atoms with Crippen LogP contribution < -0.4 is 0 Å². The normalized spacial score (nSPS) is 26.2. The van der Waals surface area contributed by atoms with Gasteiger partial charge in [-0.3, -0.25) is 9.80 Å². The van der Waals surface area contributed by atoms with Crippen molar-refractivity contribution in [1.82, 2.24) is 9.80 Å². The Morgan fingerprint density at radius 2 is 2.00 bits per heavy atom. The molecule has 0 aromatic rings. The third-order valence-electron chi connectivity index (χ3n) is 4.22. The van der Waals surface area contributed by atoms with Gasteiger partial charge in [0.2, 0.25) is 0 Å². The Bertz CT molecular complexity index is 203. The summed E-state index contributed by atoms with van der Waals surface area (Å²) in [6.45, 7) is 9.68. The summed E-state index contributed by atoms with van der Waals surface area (Å²) in [5.41, 5.74) is 0.521. The van der Waals surface area contributed by atoms with Crippen LogP contribution in [0.25, 0.3) is 0 Å². The number of rotatable bonds is 6. The van der Waals surface area contributed by atoms with Crippen LogP contribution in [0.2, 0.25) is 0 Å². The summed E-state index contributed by atoms with van der Waals surface area (Å²) in [7, 11) is 4.43. The van der Waals surface area contributed by atoms with Crippen molar-refractivity contribution in [2.45, 2.75) is 59.0 Å². The average molecular weight is 226 g/mol. The fourth-order valence-corrected chi connectivity index (χ4v) is 3.04. The fourth-order valence-electron chi connectivity index (χ4n) is 3.04. The Labute approximate surface area is 102 Å². The average Bonchev–Trinajstić information content (AvgIpc) is 2.66. The molecule has 2 nitrogen and oxygen atoms in total. The van der Waals surface area contributed by atoms with E-state index in [0.717, 1.165) is 0 Å². The van der Waals surface area contributed by atoms with Gasteiger partial charge in [-0.25, -0.2) is 0 Å². The van der Waals surface area contributed by atoms with Crippen LogP contribution in [0.1, 0.15) is 52.9 Å². The molecule has 0 spiro atoms. The van der Waals surface area contributed by atoms with E-state index in [2.05, 4.69) is 44.7 Å². The molecule has 1 heterocycles. The van der Waals surface area contributed by atoms with Gasteiger partial charge in [0.1, 0.15) is 0 Å². The van der Waals surface area contributed by atoms with Crippen molar-refractivity contribution in [1.29, 1.82) is 0 Å². The van der Waals surface area contributed by atoms with E-state index in [1.165, 1.54) is 45.2 Å². The summed E-state index contributed by atoms with van der Waals surface area (Å²) >= 11 is 0. The molecule has 2 heteroatoms. The molecule has 0 saturated carbocycles. The van der Waals surface area contributed by atoms with Gasteiger partial charge >= 0.3 is 0 Å². The molecular formula is C14H30N2. The lowest BCUT2D eigenvalue weighted by atomic mass is 9.82. The van der Waals surface area contributed by atoms with Crippen LogP contribution in [0.4, 0.5) is 0 Å². The van der Waals surface area contributed by atoms with E-state index in [-0.39, 0.29) is 0 Å². The number of likely N-dealkylation sites (tertiary alicyclic amines) is 1. The van der Waals surface area contributed by atoms with Crippen LogP contribution >= 0.6 is 0 Å². The molecule has 1 saturated heterocycles. The Kier molecular flexibility index (Phi) is 5.26. The molecule has 0 bridgehead atoms. The summed E-state index contributed by atoms with van der Waals surface area (Å²) in [4.78, 5) is 5.08. The molecule has 0 aromatic heterocycles. The minimum Gasteiger partial charge on any atom is -0.294 e. The topological polar surface area (TPSA) is 6.48 Å². The van der Waals surface area contributed by atoms with Crippen molar-refractivity contribution in [3.63, 3.8) is 0 Å².